The Labute approximate surface area is 111 Å². The summed E-state index contributed by atoms with van der Waals surface area (Å²) in [4.78, 5) is 5.01. The molecule has 1 aliphatic rings. The van der Waals surface area contributed by atoms with Gasteiger partial charge in [0.05, 0.1) is 0 Å². The number of hydrogen-bond acceptors (Lipinski definition) is 3. The van der Waals surface area contributed by atoms with Gasteiger partial charge in [0.15, 0.2) is 0 Å². The van der Waals surface area contributed by atoms with Gasteiger partial charge in [-0.05, 0) is 44.0 Å². The molecule has 1 aromatic rings. The van der Waals surface area contributed by atoms with Gasteiger partial charge in [-0.15, -0.1) is 0 Å². The van der Waals surface area contributed by atoms with Gasteiger partial charge in [-0.1, -0.05) is 6.92 Å². The molecule has 1 saturated heterocycles. The molecule has 0 saturated carbocycles. The molecular weight excluding hydrogens is 222 g/mol. The lowest BCUT2D eigenvalue weighted by atomic mass is 10.1. The van der Waals surface area contributed by atoms with E-state index in [2.05, 4.69) is 42.7 Å². The maximum absolute atomic E-state index is 5.96. The summed E-state index contributed by atoms with van der Waals surface area (Å²) in [6.07, 6.45) is 1.01. The Balaban J connectivity index is 2.05. The molecule has 18 heavy (non-hydrogen) atoms. The number of nitrogens with two attached hydrogens (primary N) is 1. The molecule has 0 aliphatic carbocycles. The SMILES string of the molecule is CCc1cc(N2CCN(C(C)C)CC2)ccc1N. The van der Waals surface area contributed by atoms with Gasteiger partial charge in [-0.2, -0.15) is 0 Å². The summed E-state index contributed by atoms with van der Waals surface area (Å²) in [7, 11) is 0. The predicted molar refractivity (Wildman–Crippen MR) is 79.2 cm³/mol. The van der Waals surface area contributed by atoms with E-state index in [4.69, 9.17) is 5.73 Å². The van der Waals surface area contributed by atoms with E-state index in [-0.39, 0.29) is 0 Å². The first-order valence-electron chi connectivity index (χ1n) is 6.99. The van der Waals surface area contributed by atoms with E-state index in [0.717, 1.165) is 38.3 Å². The molecular formula is C15H25N3. The molecule has 0 bridgehead atoms. The second kappa shape index (κ2) is 5.61. The van der Waals surface area contributed by atoms with Crippen molar-refractivity contribution in [3.05, 3.63) is 23.8 Å². The highest BCUT2D eigenvalue weighted by Gasteiger charge is 2.19. The van der Waals surface area contributed by atoms with Gasteiger partial charge in [-0.25, -0.2) is 0 Å². The van der Waals surface area contributed by atoms with Crippen LogP contribution in [0.25, 0.3) is 0 Å². The third-order valence-corrected chi connectivity index (χ3v) is 3.92. The molecule has 0 aromatic heterocycles. The topological polar surface area (TPSA) is 32.5 Å². The van der Waals surface area contributed by atoms with Crippen LogP contribution in [0.2, 0.25) is 0 Å². The second-order valence-corrected chi connectivity index (χ2v) is 5.35. The van der Waals surface area contributed by atoms with Crippen molar-refractivity contribution >= 4 is 11.4 Å². The summed E-state index contributed by atoms with van der Waals surface area (Å²) < 4.78 is 0. The van der Waals surface area contributed by atoms with E-state index in [1.54, 1.807) is 0 Å². The van der Waals surface area contributed by atoms with Gasteiger partial charge >= 0.3 is 0 Å². The summed E-state index contributed by atoms with van der Waals surface area (Å²) in [6, 6.07) is 7.10. The predicted octanol–water partition coefficient (Wildman–Crippen LogP) is 2.36. The average Bonchev–Trinajstić information content (AvgIpc) is 2.39. The molecule has 3 heteroatoms. The van der Waals surface area contributed by atoms with Crippen LogP contribution < -0.4 is 10.6 Å². The number of nitrogen functional groups attached to an aromatic ring is 1. The lowest BCUT2D eigenvalue weighted by Crippen LogP contribution is -2.48. The molecule has 0 unspecified atom stereocenters. The molecule has 0 spiro atoms. The minimum Gasteiger partial charge on any atom is -0.399 e. The zero-order chi connectivity index (χ0) is 13.1. The molecule has 1 heterocycles. The molecule has 2 rings (SSSR count). The van der Waals surface area contributed by atoms with Crippen molar-refractivity contribution in [2.75, 3.05) is 36.8 Å². The minimum atomic E-state index is 0.657. The number of hydrogen-bond donors (Lipinski definition) is 1. The minimum absolute atomic E-state index is 0.657. The summed E-state index contributed by atoms with van der Waals surface area (Å²) in [5.74, 6) is 0. The van der Waals surface area contributed by atoms with Crippen molar-refractivity contribution in [2.24, 2.45) is 0 Å². The maximum Gasteiger partial charge on any atom is 0.0371 e. The standard InChI is InChI=1S/C15H25N3/c1-4-13-11-14(5-6-15(13)16)18-9-7-17(8-10-18)12(2)3/h5-6,11-12H,4,7-10,16H2,1-3H3. The Kier molecular flexibility index (Phi) is 4.12. The number of piperazine rings is 1. The fourth-order valence-corrected chi connectivity index (χ4v) is 2.59. The Morgan fingerprint density at radius 2 is 1.83 bits per heavy atom. The Morgan fingerprint density at radius 3 is 2.39 bits per heavy atom. The Hall–Kier alpha value is -1.22. The monoisotopic (exact) mass is 247 g/mol. The second-order valence-electron chi connectivity index (χ2n) is 5.35. The first-order chi connectivity index (χ1) is 8.61. The summed E-state index contributed by atoms with van der Waals surface area (Å²) in [5, 5.41) is 0. The first kappa shape index (κ1) is 13.2. The summed E-state index contributed by atoms with van der Waals surface area (Å²) in [6.45, 7) is 11.2. The number of nitrogens with zero attached hydrogens (tertiary/aromatic N) is 2. The Bertz CT molecular complexity index is 393. The first-order valence-corrected chi connectivity index (χ1v) is 6.99. The maximum atomic E-state index is 5.96. The third-order valence-electron chi connectivity index (χ3n) is 3.92. The highest BCUT2D eigenvalue weighted by atomic mass is 15.3. The largest absolute Gasteiger partial charge is 0.399 e. The third kappa shape index (κ3) is 2.78. The summed E-state index contributed by atoms with van der Waals surface area (Å²) in [5.41, 5.74) is 9.47. The summed E-state index contributed by atoms with van der Waals surface area (Å²) >= 11 is 0. The molecule has 1 aromatic carbocycles. The molecule has 2 N–H and O–H groups in total. The zero-order valence-corrected chi connectivity index (χ0v) is 11.8. The number of anilines is 2. The van der Waals surface area contributed by atoms with Crippen molar-refractivity contribution in [3.8, 4) is 0 Å². The number of aryl methyl sites for hydroxylation is 1. The van der Waals surface area contributed by atoms with Gasteiger partial charge in [-0.3, -0.25) is 4.90 Å². The van der Waals surface area contributed by atoms with E-state index in [1.165, 1.54) is 11.3 Å². The quantitative estimate of drug-likeness (QED) is 0.832. The van der Waals surface area contributed by atoms with Crippen molar-refractivity contribution in [1.29, 1.82) is 0 Å². The van der Waals surface area contributed by atoms with Crippen LogP contribution in [0.4, 0.5) is 11.4 Å². The van der Waals surface area contributed by atoms with Gasteiger partial charge < -0.3 is 10.6 Å². The van der Waals surface area contributed by atoms with E-state index in [0.29, 0.717) is 6.04 Å². The van der Waals surface area contributed by atoms with Gasteiger partial charge in [0, 0.05) is 43.6 Å². The molecule has 100 valence electrons. The molecule has 0 atom stereocenters. The van der Waals surface area contributed by atoms with Crippen LogP contribution in [0.3, 0.4) is 0 Å². The normalized spacial score (nSPS) is 17.4. The van der Waals surface area contributed by atoms with E-state index in [1.807, 2.05) is 6.07 Å². The zero-order valence-electron chi connectivity index (χ0n) is 11.8. The van der Waals surface area contributed by atoms with Gasteiger partial charge in [0.2, 0.25) is 0 Å². The fraction of sp³-hybridized carbons (Fsp3) is 0.600. The molecule has 0 radical (unpaired) electrons. The van der Waals surface area contributed by atoms with Crippen molar-refractivity contribution in [1.82, 2.24) is 4.90 Å². The average molecular weight is 247 g/mol. The van der Waals surface area contributed by atoms with E-state index >= 15 is 0 Å². The lowest BCUT2D eigenvalue weighted by Gasteiger charge is -2.38. The fourth-order valence-electron chi connectivity index (χ4n) is 2.59. The lowest BCUT2D eigenvalue weighted by molar-refractivity contribution is 0.209. The van der Waals surface area contributed by atoms with Crippen LogP contribution >= 0.6 is 0 Å². The Morgan fingerprint density at radius 1 is 1.17 bits per heavy atom. The van der Waals surface area contributed by atoms with Crippen LogP contribution in [-0.4, -0.2) is 37.1 Å². The van der Waals surface area contributed by atoms with Crippen LogP contribution in [0.5, 0.6) is 0 Å². The highest BCUT2D eigenvalue weighted by molar-refractivity contribution is 5.58. The van der Waals surface area contributed by atoms with E-state index < -0.39 is 0 Å². The molecule has 1 fully saturated rings. The van der Waals surface area contributed by atoms with Crippen LogP contribution in [0.1, 0.15) is 26.3 Å². The van der Waals surface area contributed by atoms with Crippen molar-refractivity contribution < 1.29 is 0 Å². The van der Waals surface area contributed by atoms with Gasteiger partial charge in [0.1, 0.15) is 0 Å². The van der Waals surface area contributed by atoms with Crippen LogP contribution in [0.15, 0.2) is 18.2 Å². The smallest absolute Gasteiger partial charge is 0.0371 e. The highest BCUT2D eigenvalue weighted by Crippen LogP contribution is 2.23. The molecule has 0 amide bonds. The van der Waals surface area contributed by atoms with Gasteiger partial charge in [0.25, 0.3) is 0 Å². The number of benzene rings is 1. The van der Waals surface area contributed by atoms with Crippen LogP contribution in [0, 0.1) is 0 Å². The van der Waals surface area contributed by atoms with Crippen LogP contribution in [-0.2, 0) is 6.42 Å². The van der Waals surface area contributed by atoms with Crippen molar-refractivity contribution in [3.63, 3.8) is 0 Å². The molecule has 3 nitrogen and oxygen atoms in total. The van der Waals surface area contributed by atoms with E-state index in [9.17, 15) is 0 Å². The van der Waals surface area contributed by atoms with Crippen molar-refractivity contribution in [2.45, 2.75) is 33.2 Å². The molecule has 1 aliphatic heterocycles. The number of rotatable bonds is 3.